The SMILES string of the molecule is CCc1ccccc1OCc1nc(CC(C)NC)no1. The number of para-hydroxylation sites is 1. The van der Waals surface area contributed by atoms with Crippen molar-refractivity contribution in [1.82, 2.24) is 15.5 Å². The molecule has 0 saturated carbocycles. The quantitative estimate of drug-likeness (QED) is 0.840. The highest BCUT2D eigenvalue weighted by Crippen LogP contribution is 2.19. The third-order valence-electron chi connectivity index (χ3n) is 3.20. The third kappa shape index (κ3) is 3.81. The van der Waals surface area contributed by atoms with Crippen molar-refractivity contribution in [3.63, 3.8) is 0 Å². The number of likely N-dealkylation sites (N-methyl/N-ethyl adjacent to an activating group) is 1. The zero-order valence-corrected chi connectivity index (χ0v) is 12.2. The first-order chi connectivity index (χ1) is 9.72. The Morgan fingerprint density at radius 3 is 2.90 bits per heavy atom. The maximum absolute atomic E-state index is 5.75. The summed E-state index contributed by atoms with van der Waals surface area (Å²) in [6.45, 7) is 4.48. The lowest BCUT2D eigenvalue weighted by Crippen LogP contribution is -2.24. The van der Waals surface area contributed by atoms with Gasteiger partial charge in [0, 0.05) is 12.5 Å². The number of rotatable bonds is 7. The highest BCUT2D eigenvalue weighted by atomic mass is 16.5. The summed E-state index contributed by atoms with van der Waals surface area (Å²) in [5, 5.41) is 7.10. The maximum Gasteiger partial charge on any atom is 0.264 e. The number of ether oxygens (including phenoxy) is 1. The number of aryl methyl sites for hydroxylation is 1. The Bertz CT molecular complexity index is 539. The van der Waals surface area contributed by atoms with Gasteiger partial charge in [-0.05, 0) is 32.0 Å². The number of benzene rings is 1. The highest BCUT2D eigenvalue weighted by Gasteiger charge is 2.10. The van der Waals surface area contributed by atoms with Gasteiger partial charge in [0.1, 0.15) is 5.75 Å². The van der Waals surface area contributed by atoms with Crippen molar-refractivity contribution in [2.45, 2.75) is 39.3 Å². The predicted molar refractivity (Wildman–Crippen MR) is 76.7 cm³/mol. The first kappa shape index (κ1) is 14.5. The topological polar surface area (TPSA) is 60.2 Å². The van der Waals surface area contributed by atoms with E-state index in [0.717, 1.165) is 18.6 Å². The molecular weight excluding hydrogens is 254 g/mol. The minimum atomic E-state index is 0.304. The minimum Gasteiger partial charge on any atom is -0.483 e. The number of hydrogen-bond donors (Lipinski definition) is 1. The molecule has 0 spiro atoms. The van der Waals surface area contributed by atoms with Crippen LogP contribution in [-0.2, 0) is 19.4 Å². The van der Waals surface area contributed by atoms with E-state index in [4.69, 9.17) is 9.26 Å². The average molecular weight is 275 g/mol. The molecule has 5 heteroatoms. The largest absolute Gasteiger partial charge is 0.483 e. The van der Waals surface area contributed by atoms with E-state index in [0.29, 0.717) is 24.4 Å². The molecule has 0 amide bonds. The molecular formula is C15H21N3O2. The monoisotopic (exact) mass is 275 g/mol. The van der Waals surface area contributed by atoms with Gasteiger partial charge in [-0.25, -0.2) is 0 Å². The van der Waals surface area contributed by atoms with Crippen LogP contribution in [0, 0.1) is 0 Å². The Balaban J connectivity index is 1.94. The molecule has 0 aliphatic rings. The van der Waals surface area contributed by atoms with E-state index < -0.39 is 0 Å². The molecule has 0 radical (unpaired) electrons. The molecule has 0 aliphatic heterocycles. The number of nitrogens with zero attached hydrogens (tertiary/aromatic N) is 2. The molecule has 0 aliphatic carbocycles. The minimum absolute atomic E-state index is 0.304. The molecule has 1 aromatic heterocycles. The van der Waals surface area contributed by atoms with E-state index in [2.05, 4.69) is 35.4 Å². The summed E-state index contributed by atoms with van der Waals surface area (Å²) in [4.78, 5) is 4.33. The second-order valence-corrected chi connectivity index (χ2v) is 4.75. The van der Waals surface area contributed by atoms with Crippen molar-refractivity contribution >= 4 is 0 Å². The Labute approximate surface area is 119 Å². The van der Waals surface area contributed by atoms with Gasteiger partial charge < -0.3 is 14.6 Å². The molecule has 1 aromatic carbocycles. The van der Waals surface area contributed by atoms with Gasteiger partial charge in [-0.1, -0.05) is 30.3 Å². The van der Waals surface area contributed by atoms with Crippen molar-refractivity contribution in [3.05, 3.63) is 41.5 Å². The molecule has 0 bridgehead atoms. The van der Waals surface area contributed by atoms with Gasteiger partial charge in [-0.3, -0.25) is 0 Å². The van der Waals surface area contributed by atoms with Gasteiger partial charge in [-0.2, -0.15) is 4.98 Å². The van der Waals surface area contributed by atoms with Crippen LogP contribution in [0.25, 0.3) is 0 Å². The van der Waals surface area contributed by atoms with Crippen LogP contribution < -0.4 is 10.1 Å². The fourth-order valence-electron chi connectivity index (χ4n) is 1.88. The van der Waals surface area contributed by atoms with Crippen LogP contribution in [0.2, 0.25) is 0 Å². The summed E-state index contributed by atoms with van der Waals surface area (Å²) >= 11 is 0. The summed E-state index contributed by atoms with van der Waals surface area (Å²) in [5.41, 5.74) is 1.18. The number of hydrogen-bond acceptors (Lipinski definition) is 5. The summed E-state index contributed by atoms with van der Waals surface area (Å²) in [7, 11) is 1.91. The Morgan fingerprint density at radius 1 is 1.35 bits per heavy atom. The first-order valence-corrected chi connectivity index (χ1v) is 6.92. The lowest BCUT2D eigenvalue weighted by molar-refractivity contribution is 0.240. The molecule has 1 atom stereocenters. The normalized spacial score (nSPS) is 12.3. The van der Waals surface area contributed by atoms with Gasteiger partial charge in [-0.15, -0.1) is 0 Å². The van der Waals surface area contributed by atoms with Crippen molar-refractivity contribution in [3.8, 4) is 5.75 Å². The van der Waals surface area contributed by atoms with E-state index in [9.17, 15) is 0 Å². The molecule has 20 heavy (non-hydrogen) atoms. The van der Waals surface area contributed by atoms with Crippen LogP contribution in [-0.4, -0.2) is 23.2 Å². The van der Waals surface area contributed by atoms with Gasteiger partial charge in [0.15, 0.2) is 12.4 Å². The van der Waals surface area contributed by atoms with Crippen molar-refractivity contribution in [1.29, 1.82) is 0 Å². The average Bonchev–Trinajstić information content (AvgIpc) is 2.92. The molecule has 2 aromatic rings. The van der Waals surface area contributed by atoms with Crippen LogP contribution in [0.3, 0.4) is 0 Å². The van der Waals surface area contributed by atoms with Gasteiger partial charge in [0.05, 0.1) is 0 Å². The Kier molecular flexibility index (Phi) is 5.12. The van der Waals surface area contributed by atoms with Crippen LogP contribution in [0.15, 0.2) is 28.8 Å². The molecule has 5 nitrogen and oxygen atoms in total. The summed E-state index contributed by atoms with van der Waals surface area (Å²) in [6, 6.07) is 8.31. The molecule has 1 N–H and O–H groups in total. The lowest BCUT2D eigenvalue weighted by atomic mass is 10.1. The van der Waals surface area contributed by atoms with Crippen LogP contribution in [0.1, 0.15) is 31.1 Å². The second kappa shape index (κ2) is 7.05. The molecule has 1 unspecified atom stereocenters. The first-order valence-electron chi connectivity index (χ1n) is 6.92. The number of aromatic nitrogens is 2. The molecule has 0 saturated heterocycles. The maximum atomic E-state index is 5.75. The summed E-state index contributed by atoms with van der Waals surface area (Å²) in [6.07, 6.45) is 1.68. The predicted octanol–water partition coefficient (Wildman–Crippen LogP) is 2.36. The van der Waals surface area contributed by atoms with Gasteiger partial charge in [0.25, 0.3) is 5.89 Å². The lowest BCUT2D eigenvalue weighted by Gasteiger charge is -2.07. The van der Waals surface area contributed by atoms with E-state index >= 15 is 0 Å². The zero-order chi connectivity index (χ0) is 14.4. The standard InChI is InChI=1S/C15H21N3O2/c1-4-12-7-5-6-8-13(12)19-10-15-17-14(18-20-15)9-11(2)16-3/h5-8,11,16H,4,9-10H2,1-3H3. The third-order valence-corrected chi connectivity index (χ3v) is 3.20. The molecule has 1 heterocycles. The Hall–Kier alpha value is -1.88. The molecule has 0 fully saturated rings. The highest BCUT2D eigenvalue weighted by molar-refractivity contribution is 5.33. The van der Waals surface area contributed by atoms with Crippen LogP contribution in [0.5, 0.6) is 5.75 Å². The zero-order valence-electron chi connectivity index (χ0n) is 12.2. The Morgan fingerprint density at radius 2 is 2.15 bits per heavy atom. The molecule has 2 rings (SSSR count). The fourth-order valence-corrected chi connectivity index (χ4v) is 1.88. The summed E-state index contributed by atoms with van der Waals surface area (Å²) in [5.74, 6) is 2.08. The van der Waals surface area contributed by atoms with Crippen LogP contribution >= 0.6 is 0 Å². The van der Waals surface area contributed by atoms with E-state index in [1.165, 1.54) is 5.56 Å². The summed E-state index contributed by atoms with van der Waals surface area (Å²) < 4.78 is 10.9. The number of nitrogens with one attached hydrogen (secondary N) is 1. The van der Waals surface area contributed by atoms with Crippen molar-refractivity contribution in [2.75, 3.05) is 7.05 Å². The van der Waals surface area contributed by atoms with Gasteiger partial charge >= 0.3 is 0 Å². The molecule has 108 valence electrons. The fraction of sp³-hybridized carbons (Fsp3) is 0.467. The van der Waals surface area contributed by atoms with Gasteiger partial charge in [0.2, 0.25) is 0 Å². The van der Waals surface area contributed by atoms with Crippen molar-refractivity contribution < 1.29 is 9.26 Å². The van der Waals surface area contributed by atoms with E-state index in [-0.39, 0.29) is 0 Å². The van der Waals surface area contributed by atoms with E-state index in [1.54, 1.807) is 0 Å². The second-order valence-electron chi connectivity index (χ2n) is 4.75. The smallest absolute Gasteiger partial charge is 0.264 e. The van der Waals surface area contributed by atoms with Crippen molar-refractivity contribution in [2.24, 2.45) is 0 Å². The van der Waals surface area contributed by atoms with Crippen LogP contribution in [0.4, 0.5) is 0 Å². The van der Waals surface area contributed by atoms with E-state index in [1.807, 2.05) is 25.2 Å².